The van der Waals surface area contributed by atoms with E-state index >= 15 is 0 Å². The van der Waals surface area contributed by atoms with Crippen molar-refractivity contribution in [3.63, 3.8) is 0 Å². The van der Waals surface area contributed by atoms with E-state index in [9.17, 15) is 19.2 Å². The zero-order valence-corrected chi connectivity index (χ0v) is 23.0. The molecule has 0 aliphatic heterocycles. The quantitative estimate of drug-likeness (QED) is 0.342. The van der Waals surface area contributed by atoms with Crippen LogP contribution in [0.3, 0.4) is 0 Å². The van der Waals surface area contributed by atoms with Gasteiger partial charge in [0.05, 0.1) is 0 Å². The highest BCUT2D eigenvalue weighted by Gasteiger charge is 2.31. The predicted molar refractivity (Wildman–Crippen MR) is 138 cm³/mol. The Bertz CT molecular complexity index is 882. The Balaban J connectivity index is 3.05. The van der Waals surface area contributed by atoms with Crippen molar-refractivity contribution in [1.82, 2.24) is 26.4 Å². The number of benzene rings is 1. The highest BCUT2D eigenvalue weighted by atomic mass is 16.6. The maximum absolute atomic E-state index is 13.2. The Labute approximate surface area is 214 Å². The van der Waals surface area contributed by atoms with Crippen molar-refractivity contribution in [3.05, 3.63) is 35.9 Å². The number of nitrogens with zero attached hydrogens (tertiary/aromatic N) is 1. The second-order valence-electron chi connectivity index (χ2n) is 10.5. The molecule has 0 aromatic heterocycles. The molecule has 1 aromatic rings. The lowest BCUT2D eigenvalue weighted by Crippen LogP contribution is -2.60. The topological polar surface area (TPSA) is 129 Å². The molecular formula is C26H43N5O5. The maximum Gasteiger partial charge on any atom is 0.408 e. The molecule has 0 fully saturated rings. The number of ether oxygens (including phenoxy) is 1. The van der Waals surface area contributed by atoms with Gasteiger partial charge in [-0.2, -0.15) is 0 Å². The van der Waals surface area contributed by atoms with Gasteiger partial charge < -0.3 is 20.7 Å². The van der Waals surface area contributed by atoms with Crippen LogP contribution >= 0.6 is 0 Å². The summed E-state index contributed by atoms with van der Waals surface area (Å²) in [5.74, 6) is -1.47. The highest BCUT2D eigenvalue weighted by Crippen LogP contribution is 2.11. The van der Waals surface area contributed by atoms with Crippen LogP contribution in [0, 0.1) is 5.92 Å². The first-order valence-electron chi connectivity index (χ1n) is 12.3. The van der Waals surface area contributed by atoms with E-state index in [0.717, 1.165) is 5.56 Å². The molecule has 0 heterocycles. The lowest BCUT2D eigenvalue weighted by Gasteiger charge is -2.32. The lowest BCUT2D eigenvalue weighted by molar-refractivity contribution is -0.137. The summed E-state index contributed by atoms with van der Waals surface area (Å²) in [6, 6.07) is 6.81. The summed E-state index contributed by atoms with van der Waals surface area (Å²) in [5, 5.41) is 9.58. The molecule has 4 N–H and O–H groups in total. The molecule has 0 radical (unpaired) electrons. The Kier molecular flexibility index (Phi) is 11.9. The minimum atomic E-state index is -0.899. The average molecular weight is 506 g/mol. The molecule has 0 saturated carbocycles. The van der Waals surface area contributed by atoms with E-state index < -0.39 is 41.6 Å². The van der Waals surface area contributed by atoms with Crippen molar-refractivity contribution in [2.75, 3.05) is 0 Å². The summed E-state index contributed by atoms with van der Waals surface area (Å²) >= 11 is 0. The van der Waals surface area contributed by atoms with Gasteiger partial charge in [-0.1, -0.05) is 44.2 Å². The second kappa shape index (κ2) is 13.8. The standard InChI is InChI=1S/C26H43N5O5/c1-16(2)21(29-25(35)36-26(7,8)9)24(34)30-31(15-20-13-11-10-12-14-20)19(6)23(33)28-18(5)22(32)27-17(3)4/h10-14,16-19,21H,15H2,1-9H3,(H,27,32)(H,28,33)(H,29,35)(H,30,34)/t18-,19-,21-/m0/s1. The summed E-state index contributed by atoms with van der Waals surface area (Å²) in [4.78, 5) is 50.9. The van der Waals surface area contributed by atoms with Gasteiger partial charge in [-0.05, 0) is 59.9 Å². The van der Waals surface area contributed by atoms with Crippen LogP contribution in [0.2, 0.25) is 0 Å². The summed E-state index contributed by atoms with van der Waals surface area (Å²) in [6.07, 6.45) is -0.707. The first-order valence-corrected chi connectivity index (χ1v) is 12.3. The van der Waals surface area contributed by atoms with Crippen molar-refractivity contribution in [2.45, 2.75) is 98.6 Å². The molecule has 0 bridgehead atoms. The van der Waals surface area contributed by atoms with Crippen molar-refractivity contribution in [1.29, 1.82) is 0 Å². The fourth-order valence-corrected chi connectivity index (χ4v) is 3.18. The van der Waals surface area contributed by atoms with Crippen LogP contribution in [0.1, 0.15) is 67.9 Å². The molecule has 0 aliphatic rings. The minimum Gasteiger partial charge on any atom is -0.444 e. The van der Waals surface area contributed by atoms with Crippen molar-refractivity contribution >= 4 is 23.8 Å². The third kappa shape index (κ3) is 11.1. The van der Waals surface area contributed by atoms with Gasteiger partial charge >= 0.3 is 6.09 Å². The molecule has 1 aromatic carbocycles. The number of carbonyl (C=O) groups excluding carboxylic acids is 4. The van der Waals surface area contributed by atoms with Gasteiger partial charge in [0.2, 0.25) is 11.8 Å². The van der Waals surface area contributed by atoms with Crippen LogP contribution in [0.15, 0.2) is 30.3 Å². The summed E-state index contributed by atoms with van der Waals surface area (Å²) < 4.78 is 5.30. The van der Waals surface area contributed by atoms with Crippen LogP contribution in [-0.4, -0.2) is 58.6 Å². The number of amides is 4. The zero-order chi connectivity index (χ0) is 27.6. The minimum absolute atomic E-state index is 0.0615. The Hall–Kier alpha value is -3.14. The number of hydrazine groups is 1. The monoisotopic (exact) mass is 505 g/mol. The Morgan fingerprint density at radius 2 is 1.42 bits per heavy atom. The van der Waals surface area contributed by atoms with E-state index in [1.54, 1.807) is 48.5 Å². The summed E-state index contributed by atoms with van der Waals surface area (Å²) in [5.41, 5.74) is 2.94. The third-order valence-corrected chi connectivity index (χ3v) is 5.10. The molecule has 3 atom stereocenters. The van der Waals surface area contributed by atoms with Gasteiger partial charge in [0.25, 0.3) is 5.91 Å². The third-order valence-electron chi connectivity index (χ3n) is 5.10. The van der Waals surface area contributed by atoms with Crippen molar-refractivity contribution < 1.29 is 23.9 Å². The molecule has 4 amide bonds. The van der Waals surface area contributed by atoms with Crippen molar-refractivity contribution in [3.8, 4) is 0 Å². The summed E-state index contributed by atoms with van der Waals surface area (Å²) in [7, 11) is 0. The first-order chi connectivity index (χ1) is 16.6. The molecule has 10 nitrogen and oxygen atoms in total. The molecule has 0 unspecified atom stereocenters. The van der Waals surface area contributed by atoms with E-state index in [-0.39, 0.29) is 24.4 Å². The molecule has 0 aliphatic carbocycles. The molecular weight excluding hydrogens is 462 g/mol. The molecule has 1 rings (SSSR count). The average Bonchev–Trinajstić information content (AvgIpc) is 2.75. The molecule has 202 valence electrons. The van der Waals surface area contributed by atoms with Crippen LogP contribution in [-0.2, 0) is 25.7 Å². The number of carbonyl (C=O) groups is 4. The van der Waals surface area contributed by atoms with E-state index in [2.05, 4.69) is 21.4 Å². The highest BCUT2D eigenvalue weighted by molar-refractivity contribution is 5.90. The van der Waals surface area contributed by atoms with E-state index in [4.69, 9.17) is 4.74 Å². The number of hydrogen-bond donors (Lipinski definition) is 4. The van der Waals surface area contributed by atoms with Gasteiger partial charge in [0.15, 0.2) is 0 Å². The SMILES string of the molecule is CC(C)NC(=O)[C@H](C)NC(=O)[C@H](C)N(Cc1ccccc1)NC(=O)[C@@H](NC(=O)OC(C)(C)C)C(C)C. The number of rotatable bonds is 11. The Morgan fingerprint density at radius 1 is 0.833 bits per heavy atom. The van der Waals surface area contributed by atoms with Gasteiger partial charge in [-0.15, -0.1) is 0 Å². The van der Waals surface area contributed by atoms with Gasteiger partial charge in [0, 0.05) is 12.6 Å². The molecule has 0 spiro atoms. The molecule has 36 heavy (non-hydrogen) atoms. The summed E-state index contributed by atoms with van der Waals surface area (Å²) in [6.45, 7) is 15.9. The predicted octanol–water partition coefficient (Wildman–Crippen LogP) is 2.49. The van der Waals surface area contributed by atoms with E-state index in [1.165, 1.54) is 5.01 Å². The largest absolute Gasteiger partial charge is 0.444 e. The number of nitrogens with one attached hydrogen (secondary N) is 4. The van der Waals surface area contributed by atoms with Crippen LogP contribution in [0.25, 0.3) is 0 Å². The van der Waals surface area contributed by atoms with Crippen LogP contribution < -0.4 is 21.4 Å². The van der Waals surface area contributed by atoms with Crippen LogP contribution in [0.5, 0.6) is 0 Å². The normalized spacial score (nSPS) is 14.1. The Morgan fingerprint density at radius 3 is 1.92 bits per heavy atom. The molecule has 0 saturated heterocycles. The van der Waals surface area contributed by atoms with Crippen LogP contribution in [0.4, 0.5) is 4.79 Å². The maximum atomic E-state index is 13.2. The van der Waals surface area contributed by atoms with Crippen molar-refractivity contribution in [2.24, 2.45) is 5.92 Å². The van der Waals surface area contributed by atoms with Gasteiger partial charge in [-0.3, -0.25) is 19.8 Å². The fourth-order valence-electron chi connectivity index (χ4n) is 3.18. The second-order valence-corrected chi connectivity index (χ2v) is 10.5. The van der Waals surface area contributed by atoms with Gasteiger partial charge in [-0.25, -0.2) is 9.80 Å². The first kappa shape index (κ1) is 30.9. The lowest BCUT2D eigenvalue weighted by atomic mass is 10.0. The number of alkyl carbamates (subject to hydrolysis) is 1. The molecule has 10 heteroatoms. The fraction of sp³-hybridized carbons (Fsp3) is 0.615. The van der Waals surface area contributed by atoms with E-state index in [0.29, 0.717) is 0 Å². The number of hydrogen-bond acceptors (Lipinski definition) is 6. The van der Waals surface area contributed by atoms with Gasteiger partial charge in [0.1, 0.15) is 23.7 Å². The van der Waals surface area contributed by atoms with E-state index in [1.807, 2.05) is 44.2 Å². The zero-order valence-electron chi connectivity index (χ0n) is 23.0. The smallest absolute Gasteiger partial charge is 0.408 e.